The molecule has 103 heavy (non-hydrogen) atoms. The summed E-state index contributed by atoms with van der Waals surface area (Å²) in [5, 5.41) is 10.7. The summed E-state index contributed by atoms with van der Waals surface area (Å²) < 4.78 is 68.8. The molecule has 0 aromatic carbocycles. The Bertz CT molecular complexity index is 2070. The van der Waals surface area contributed by atoms with E-state index in [9.17, 15) is 43.2 Å². The normalized spacial score (nSPS) is 14.0. The number of hydrogen-bond donors (Lipinski definition) is 3. The second kappa shape index (κ2) is 75.0. The zero-order valence-corrected chi connectivity index (χ0v) is 68.9. The summed E-state index contributed by atoms with van der Waals surface area (Å²) in [5.41, 5.74) is 0. The van der Waals surface area contributed by atoms with E-state index >= 15 is 0 Å². The Hall–Kier alpha value is -2.46. The van der Waals surface area contributed by atoms with Gasteiger partial charge in [-0.05, 0) is 63.2 Å². The minimum Gasteiger partial charge on any atom is -0.462 e. The third kappa shape index (κ3) is 77.5. The lowest BCUT2D eigenvalue weighted by molar-refractivity contribution is -0.161. The molecule has 3 N–H and O–H groups in total. The van der Waals surface area contributed by atoms with Crippen LogP contribution in [0.2, 0.25) is 0 Å². The van der Waals surface area contributed by atoms with Gasteiger partial charge in [-0.1, -0.05) is 368 Å². The number of carbonyl (C=O) groups is 4. The first-order valence-corrected chi connectivity index (χ1v) is 45.8. The Labute approximate surface area is 631 Å². The highest BCUT2D eigenvalue weighted by Gasteiger charge is 2.30. The first kappa shape index (κ1) is 101. The number of phosphoric ester groups is 2. The van der Waals surface area contributed by atoms with Gasteiger partial charge in [0.15, 0.2) is 12.2 Å². The molecule has 0 aliphatic rings. The smallest absolute Gasteiger partial charge is 0.462 e. The maximum Gasteiger partial charge on any atom is 0.472 e. The van der Waals surface area contributed by atoms with Crippen LogP contribution in [0, 0.1) is 11.8 Å². The van der Waals surface area contributed by atoms with Crippen molar-refractivity contribution in [1.29, 1.82) is 0 Å². The predicted molar refractivity (Wildman–Crippen MR) is 423 cm³/mol. The van der Waals surface area contributed by atoms with Gasteiger partial charge in [0.25, 0.3) is 0 Å². The van der Waals surface area contributed by atoms with Crippen LogP contribution in [0.3, 0.4) is 0 Å². The second-order valence-electron chi connectivity index (χ2n) is 30.5. The van der Waals surface area contributed by atoms with Gasteiger partial charge in [-0.2, -0.15) is 0 Å². The van der Waals surface area contributed by atoms with Crippen molar-refractivity contribution in [3.05, 3.63) is 24.3 Å². The fraction of sp³-hybridized carbons (Fsp3) is 0.905. The molecule has 0 rings (SSSR count). The molecule has 608 valence electrons. The van der Waals surface area contributed by atoms with Gasteiger partial charge in [0.2, 0.25) is 0 Å². The number of unbranched alkanes of at least 4 members (excludes halogenated alkanes) is 48. The maximum absolute atomic E-state index is 13.1. The number of aliphatic hydroxyl groups is 1. The number of esters is 4. The molecular weight excluding hydrogens is 1340 g/mol. The number of allylic oxidation sites excluding steroid dienone is 4. The lowest BCUT2D eigenvalue weighted by Gasteiger charge is -2.21. The lowest BCUT2D eigenvalue weighted by Crippen LogP contribution is -2.30. The molecule has 0 aromatic rings. The summed E-state index contributed by atoms with van der Waals surface area (Å²) in [7, 11) is -9.94. The van der Waals surface area contributed by atoms with Crippen molar-refractivity contribution in [3.8, 4) is 0 Å². The van der Waals surface area contributed by atoms with E-state index in [4.69, 9.17) is 37.0 Å². The van der Waals surface area contributed by atoms with E-state index < -0.39 is 97.5 Å². The van der Waals surface area contributed by atoms with Gasteiger partial charge in [-0.25, -0.2) is 9.13 Å². The molecule has 0 saturated heterocycles. The van der Waals surface area contributed by atoms with Crippen molar-refractivity contribution in [2.45, 2.75) is 439 Å². The topological polar surface area (TPSA) is 237 Å². The van der Waals surface area contributed by atoms with Crippen LogP contribution in [0.4, 0.5) is 0 Å². The first-order valence-electron chi connectivity index (χ1n) is 42.8. The minimum atomic E-state index is -4.97. The van der Waals surface area contributed by atoms with Gasteiger partial charge >= 0.3 is 39.5 Å². The number of hydrogen-bond acceptors (Lipinski definition) is 15. The Kier molecular flexibility index (Phi) is 73.2. The van der Waals surface area contributed by atoms with Crippen molar-refractivity contribution in [3.63, 3.8) is 0 Å². The van der Waals surface area contributed by atoms with Crippen LogP contribution in [-0.2, 0) is 65.4 Å². The third-order valence-electron chi connectivity index (χ3n) is 19.1. The molecule has 0 saturated carbocycles. The molecule has 0 heterocycles. The third-order valence-corrected chi connectivity index (χ3v) is 21.0. The largest absolute Gasteiger partial charge is 0.472 e. The summed E-state index contributed by atoms with van der Waals surface area (Å²) >= 11 is 0. The molecule has 0 amide bonds. The maximum atomic E-state index is 13.1. The molecule has 0 aliphatic carbocycles. The molecule has 2 unspecified atom stereocenters. The molecule has 5 atom stereocenters. The van der Waals surface area contributed by atoms with Crippen LogP contribution in [0.25, 0.3) is 0 Å². The van der Waals surface area contributed by atoms with Gasteiger partial charge in [0.05, 0.1) is 26.4 Å². The highest BCUT2D eigenvalue weighted by molar-refractivity contribution is 7.47. The van der Waals surface area contributed by atoms with E-state index in [1.807, 2.05) is 0 Å². The van der Waals surface area contributed by atoms with Crippen molar-refractivity contribution in [1.82, 2.24) is 0 Å². The Morgan fingerprint density at radius 2 is 0.524 bits per heavy atom. The number of aliphatic hydroxyl groups excluding tert-OH is 1. The quantitative estimate of drug-likeness (QED) is 0.0169. The number of rotatable bonds is 81. The van der Waals surface area contributed by atoms with Crippen LogP contribution in [0.1, 0.15) is 420 Å². The Balaban J connectivity index is 5.29. The van der Waals surface area contributed by atoms with E-state index in [0.717, 1.165) is 115 Å². The van der Waals surface area contributed by atoms with Crippen LogP contribution < -0.4 is 0 Å². The van der Waals surface area contributed by atoms with Gasteiger partial charge in [0, 0.05) is 25.7 Å². The summed E-state index contributed by atoms with van der Waals surface area (Å²) in [6.45, 7) is 9.59. The molecule has 0 bridgehead atoms. The van der Waals surface area contributed by atoms with Crippen LogP contribution in [-0.4, -0.2) is 96.7 Å². The van der Waals surface area contributed by atoms with E-state index in [-0.39, 0.29) is 25.7 Å². The van der Waals surface area contributed by atoms with Crippen molar-refractivity contribution in [2.24, 2.45) is 11.8 Å². The minimum absolute atomic E-state index is 0.0849. The summed E-state index contributed by atoms with van der Waals surface area (Å²) in [4.78, 5) is 73.1. The summed E-state index contributed by atoms with van der Waals surface area (Å²) in [6.07, 6.45) is 68.8. The number of carbonyl (C=O) groups excluding carboxylic acids is 4. The van der Waals surface area contributed by atoms with Gasteiger partial charge < -0.3 is 33.8 Å². The van der Waals surface area contributed by atoms with Crippen molar-refractivity contribution < 1.29 is 80.2 Å². The van der Waals surface area contributed by atoms with E-state index in [1.54, 1.807) is 0 Å². The standard InChI is InChI=1S/C84H160O17P2/c1-7-9-11-13-15-17-19-21-23-24-25-26-28-34-38-44-51-57-63-69-84(89)100-79(72-94-81(86)66-60-54-48-42-36-32-30-29-31-35-40-46-52-58-64-76(3)4)74-98-102(90,91)96-70-78(85)71-97-103(92,93)99-75-80(73-95-82(87)67-61-55-49-45-39-41-47-53-59-65-77(5)6)101-83(88)68-62-56-50-43-37-33-27-22-20-18-16-14-12-10-8-2/h18,20,22,27,76-80,85H,7-17,19,21,23-26,28-75H2,1-6H3,(H,90,91)(H,92,93)/b20-18-,27-22-/t78-,79-,80-/m1/s1. The summed E-state index contributed by atoms with van der Waals surface area (Å²) in [5.74, 6) is -0.596. The Morgan fingerprint density at radius 3 is 0.796 bits per heavy atom. The van der Waals surface area contributed by atoms with E-state index in [0.29, 0.717) is 25.7 Å². The van der Waals surface area contributed by atoms with Gasteiger partial charge in [-0.3, -0.25) is 37.3 Å². The van der Waals surface area contributed by atoms with E-state index in [1.165, 1.54) is 225 Å². The molecular formula is C84H160O17P2. The average Bonchev–Trinajstić information content (AvgIpc) is 1.01. The molecule has 0 aromatic heterocycles. The molecule has 19 heteroatoms. The first-order chi connectivity index (χ1) is 49.9. The zero-order chi connectivity index (χ0) is 75.6. The monoisotopic (exact) mass is 1500 g/mol. The molecule has 0 spiro atoms. The summed E-state index contributed by atoms with van der Waals surface area (Å²) in [6, 6.07) is 0. The van der Waals surface area contributed by atoms with Crippen molar-refractivity contribution in [2.75, 3.05) is 39.6 Å². The van der Waals surface area contributed by atoms with Gasteiger partial charge in [0.1, 0.15) is 19.3 Å². The molecule has 0 radical (unpaired) electrons. The highest BCUT2D eigenvalue weighted by atomic mass is 31.2. The number of phosphoric acid groups is 2. The van der Waals surface area contributed by atoms with E-state index in [2.05, 4.69) is 65.8 Å². The zero-order valence-electron chi connectivity index (χ0n) is 67.1. The molecule has 0 fully saturated rings. The lowest BCUT2D eigenvalue weighted by atomic mass is 10.0. The van der Waals surface area contributed by atoms with Crippen molar-refractivity contribution >= 4 is 39.5 Å². The Morgan fingerprint density at radius 1 is 0.301 bits per heavy atom. The predicted octanol–water partition coefficient (Wildman–Crippen LogP) is 25.0. The highest BCUT2D eigenvalue weighted by Crippen LogP contribution is 2.45. The fourth-order valence-electron chi connectivity index (χ4n) is 12.5. The number of ether oxygens (including phenoxy) is 4. The second-order valence-corrected chi connectivity index (χ2v) is 33.4. The average molecular weight is 1500 g/mol. The van der Waals surface area contributed by atoms with Crippen LogP contribution >= 0.6 is 15.6 Å². The van der Waals surface area contributed by atoms with Gasteiger partial charge in [-0.15, -0.1) is 0 Å². The molecule has 17 nitrogen and oxygen atoms in total. The SMILES string of the molecule is CCCCCC/C=C\C=C/CCCCCCCC(=O)O[C@H](COC(=O)CCCCCCCCCCCC(C)C)COP(=O)(O)OC[C@H](O)COP(=O)(O)OC[C@@H](COC(=O)CCCCCCCCCCCCCCCCC(C)C)OC(=O)CCCCCCCCCCCCCCCCCCCCC. The fourth-order valence-corrected chi connectivity index (χ4v) is 14.1. The van der Waals surface area contributed by atoms with Crippen LogP contribution in [0.15, 0.2) is 24.3 Å². The molecule has 0 aliphatic heterocycles. The van der Waals surface area contributed by atoms with Crippen LogP contribution in [0.5, 0.6) is 0 Å².